The number of aliphatic hydroxyl groups is 1. The molecule has 0 bridgehead atoms. The van der Waals surface area contributed by atoms with Crippen LogP contribution >= 0.6 is 0 Å². The molecule has 2 N–H and O–H groups in total. The van der Waals surface area contributed by atoms with Crippen LogP contribution in [0.3, 0.4) is 0 Å². The first-order valence-corrected chi connectivity index (χ1v) is 6.87. The Labute approximate surface area is 85.8 Å². The molecule has 0 unspecified atom stereocenters. The van der Waals surface area contributed by atoms with Gasteiger partial charge in [0.15, 0.2) is 0 Å². The highest BCUT2D eigenvalue weighted by Gasteiger charge is 2.16. The number of nitrogens with one attached hydrogen (secondary N) is 1. The summed E-state index contributed by atoms with van der Waals surface area (Å²) in [6.45, 7) is 0.238. The predicted molar refractivity (Wildman–Crippen MR) is 55.5 cm³/mol. The molecule has 0 radical (unpaired) electrons. The van der Waals surface area contributed by atoms with E-state index in [1.165, 1.54) is 19.3 Å². The Hall–Kier alpha value is -0.130. The molecule has 1 rings (SSSR count). The quantitative estimate of drug-likeness (QED) is 0.709. The fourth-order valence-electron chi connectivity index (χ4n) is 1.83. The van der Waals surface area contributed by atoms with Gasteiger partial charge in [-0.3, -0.25) is 0 Å². The van der Waals surface area contributed by atoms with Crippen LogP contribution in [0.15, 0.2) is 0 Å². The lowest BCUT2D eigenvalue weighted by Crippen LogP contribution is -2.32. The second-order valence-electron chi connectivity index (χ2n) is 3.89. The zero-order chi connectivity index (χ0) is 10.4. The topological polar surface area (TPSA) is 66.4 Å². The molecule has 5 heteroatoms. The highest BCUT2D eigenvalue weighted by atomic mass is 32.2. The van der Waals surface area contributed by atoms with E-state index in [0.717, 1.165) is 12.8 Å². The van der Waals surface area contributed by atoms with Gasteiger partial charge in [0.1, 0.15) is 0 Å². The zero-order valence-corrected chi connectivity index (χ0v) is 9.22. The Kier molecular flexibility index (Phi) is 4.84. The van der Waals surface area contributed by atoms with E-state index in [9.17, 15) is 8.42 Å². The van der Waals surface area contributed by atoms with Crippen LogP contribution in [-0.4, -0.2) is 32.4 Å². The number of hydrogen-bond donors (Lipinski definition) is 2. The lowest BCUT2D eigenvalue weighted by molar-refractivity contribution is 0.318. The molecule has 0 saturated heterocycles. The van der Waals surface area contributed by atoms with Gasteiger partial charge in [-0.25, -0.2) is 13.1 Å². The summed E-state index contributed by atoms with van der Waals surface area (Å²) in [5.41, 5.74) is 0. The summed E-state index contributed by atoms with van der Waals surface area (Å²) in [6.07, 6.45) is 5.96. The van der Waals surface area contributed by atoms with Crippen molar-refractivity contribution in [3.05, 3.63) is 0 Å². The summed E-state index contributed by atoms with van der Waals surface area (Å²) in [5, 5.41) is 8.52. The average Bonchev–Trinajstić information content (AvgIpc) is 2.17. The van der Waals surface area contributed by atoms with E-state index >= 15 is 0 Å². The maximum absolute atomic E-state index is 11.2. The van der Waals surface area contributed by atoms with Gasteiger partial charge in [0.25, 0.3) is 0 Å². The van der Waals surface area contributed by atoms with E-state index in [1.807, 2.05) is 0 Å². The van der Waals surface area contributed by atoms with E-state index in [4.69, 9.17) is 5.11 Å². The van der Waals surface area contributed by atoms with Crippen LogP contribution in [0.4, 0.5) is 0 Å². The van der Waals surface area contributed by atoms with Gasteiger partial charge in [0.2, 0.25) is 10.0 Å². The van der Waals surface area contributed by atoms with Gasteiger partial charge in [-0.05, 0) is 18.8 Å². The fourth-order valence-corrected chi connectivity index (χ4v) is 2.70. The summed E-state index contributed by atoms with van der Waals surface area (Å²) in [5.74, 6) is 0.317. The van der Waals surface area contributed by atoms with Gasteiger partial charge in [-0.15, -0.1) is 0 Å². The van der Waals surface area contributed by atoms with E-state index < -0.39 is 10.0 Å². The first-order chi connectivity index (χ1) is 6.64. The largest absolute Gasteiger partial charge is 0.395 e. The van der Waals surface area contributed by atoms with Crippen LogP contribution in [0.1, 0.15) is 32.1 Å². The van der Waals surface area contributed by atoms with Crippen molar-refractivity contribution in [1.29, 1.82) is 0 Å². The van der Waals surface area contributed by atoms with Crippen LogP contribution in [0.5, 0.6) is 0 Å². The molecule has 1 saturated carbocycles. The van der Waals surface area contributed by atoms with Crippen molar-refractivity contribution in [1.82, 2.24) is 4.72 Å². The lowest BCUT2D eigenvalue weighted by atomic mass is 9.90. The first kappa shape index (κ1) is 11.9. The Morgan fingerprint density at radius 2 is 1.86 bits per heavy atom. The maximum Gasteiger partial charge on any atom is 0.213 e. The average molecular weight is 221 g/mol. The minimum atomic E-state index is -3.23. The fraction of sp³-hybridized carbons (Fsp3) is 1.00. The number of aliphatic hydroxyl groups excluding tert-OH is 1. The molecule has 4 nitrogen and oxygen atoms in total. The summed E-state index contributed by atoms with van der Waals surface area (Å²) in [7, 11) is -3.23. The van der Waals surface area contributed by atoms with Gasteiger partial charge in [0.05, 0.1) is 12.4 Å². The van der Waals surface area contributed by atoms with E-state index in [0.29, 0.717) is 12.5 Å². The molecular formula is C9H19NO3S. The molecule has 0 aromatic carbocycles. The van der Waals surface area contributed by atoms with Crippen molar-refractivity contribution in [3.8, 4) is 0 Å². The van der Waals surface area contributed by atoms with Crippen molar-refractivity contribution in [2.45, 2.75) is 32.1 Å². The summed E-state index contributed by atoms with van der Waals surface area (Å²) < 4.78 is 24.9. The maximum atomic E-state index is 11.2. The standard InChI is InChI=1S/C9H19NO3S/c11-6-7-14(12,13)10-8-9-4-2-1-3-5-9/h9-11H,1-8H2. The molecule has 84 valence electrons. The van der Waals surface area contributed by atoms with Crippen LogP contribution in [-0.2, 0) is 10.0 Å². The molecule has 1 aliphatic rings. The van der Waals surface area contributed by atoms with Crippen molar-refractivity contribution < 1.29 is 13.5 Å². The van der Waals surface area contributed by atoms with Gasteiger partial charge in [-0.1, -0.05) is 19.3 Å². The molecular weight excluding hydrogens is 202 g/mol. The minimum absolute atomic E-state index is 0.181. The summed E-state index contributed by atoms with van der Waals surface area (Å²) >= 11 is 0. The van der Waals surface area contributed by atoms with Gasteiger partial charge >= 0.3 is 0 Å². The highest BCUT2D eigenvalue weighted by Crippen LogP contribution is 2.22. The van der Waals surface area contributed by atoms with E-state index in [2.05, 4.69) is 4.72 Å². The minimum Gasteiger partial charge on any atom is -0.395 e. The Morgan fingerprint density at radius 1 is 1.21 bits per heavy atom. The van der Waals surface area contributed by atoms with E-state index in [-0.39, 0.29) is 12.4 Å². The Morgan fingerprint density at radius 3 is 2.43 bits per heavy atom. The second-order valence-corrected chi connectivity index (χ2v) is 5.82. The molecule has 0 aromatic heterocycles. The zero-order valence-electron chi connectivity index (χ0n) is 8.41. The van der Waals surface area contributed by atoms with Crippen LogP contribution in [0, 0.1) is 5.92 Å². The highest BCUT2D eigenvalue weighted by molar-refractivity contribution is 7.89. The summed E-state index contributed by atoms with van der Waals surface area (Å²) in [6, 6.07) is 0. The lowest BCUT2D eigenvalue weighted by Gasteiger charge is -2.21. The van der Waals surface area contributed by atoms with E-state index in [1.54, 1.807) is 0 Å². The van der Waals surface area contributed by atoms with Gasteiger partial charge < -0.3 is 5.11 Å². The molecule has 0 aromatic rings. The third kappa shape index (κ3) is 4.39. The molecule has 0 aliphatic heterocycles. The number of rotatable bonds is 5. The molecule has 0 heterocycles. The first-order valence-electron chi connectivity index (χ1n) is 5.22. The smallest absolute Gasteiger partial charge is 0.213 e. The molecule has 1 aliphatic carbocycles. The SMILES string of the molecule is O=S(=O)(CCO)NCC1CCCCC1. The van der Waals surface area contributed by atoms with Gasteiger partial charge in [-0.2, -0.15) is 0 Å². The number of sulfonamides is 1. The molecule has 1 fully saturated rings. The second kappa shape index (κ2) is 5.68. The van der Waals surface area contributed by atoms with Crippen molar-refractivity contribution in [2.24, 2.45) is 5.92 Å². The molecule has 0 atom stereocenters. The van der Waals surface area contributed by atoms with Crippen LogP contribution in [0.2, 0.25) is 0 Å². The molecule has 0 amide bonds. The predicted octanol–water partition coefficient (Wildman–Crippen LogP) is 0.478. The van der Waals surface area contributed by atoms with Crippen LogP contribution < -0.4 is 4.72 Å². The molecule has 0 spiro atoms. The third-order valence-electron chi connectivity index (χ3n) is 2.68. The Balaban J connectivity index is 2.24. The van der Waals surface area contributed by atoms with Crippen LogP contribution in [0.25, 0.3) is 0 Å². The van der Waals surface area contributed by atoms with Crippen molar-refractivity contribution in [3.63, 3.8) is 0 Å². The number of hydrogen-bond acceptors (Lipinski definition) is 3. The Bertz CT molecular complexity index is 245. The van der Waals surface area contributed by atoms with Gasteiger partial charge in [0, 0.05) is 6.54 Å². The normalized spacial score (nSPS) is 19.8. The van der Waals surface area contributed by atoms with Crippen molar-refractivity contribution in [2.75, 3.05) is 18.9 Å². The monoisotopic (exact) mass is 221 g/mol. The summed E-state index contributed by atoms with van der Waals surface area (Å²) in [4.78, 5) is 0. The van der Waals surface area contributed by atoms with Crippen molar-refractivity contribution >= 4 is 10.0 Å². The molecule has 14 heavy (non-hydrogen) atoms. The third-order valence-corrected chi connectivity index (χ3v) is 4.00.